The van der Waals surface area contributed by atoms with Gasteiger partial charge in [-0.2, -0.15) is 10.3 Å². The Morgan fingerprint density at radius 2 is 0.346 bits per heavy atom. The number of thiocarbonyl (C=S) groups is 2. The second-order valence-corrected chi connectivity index (χ2v) is 38.2. The van der Waals surface area contributed by atoms with E-state index >= 15 is 0 Å². The summed E-state index contributed by atoms with van der Waals surface area (Å²) in [5.41, 5.74) is 9.35. The number of pyridine rings is 4. The Bertz CT molecular complexity index is 2990. The fraction of sp³-hybridized carbons (Fsp3) is 0.705. The van der Waals surface area contributed by atoms with E-state index in [1.165, 1.54) is 272 Å². The van der Waals surface area contributed by atoms with Gasteiger partial charge in [-0.1, -0.05) is 185 Å². The minimum atomic E-state index is 0. The molecule has 16 atom stereocenters. The van der Waals surface area contributed by atoms with Crippen LogP contribution in [0.25, 0.3) is 10.8 Å². The first-order chi connectivity index (χ1) is 60.0. The van der Waals surface area contributed by atoms with Crippen molar-refractivity contribution in [2.75, 3.05) is 52.4 Å². The zero-order valence-corrected chi connectivity index (χ0v) is 88.4. The van der Waals surface area contributed by atoms with Crippen LogP contribution >= 0.6 is 64.8 Å². The van der Waals surface area contributed by atoms with Crippen molar-refractivity contribution >= 4 is 100 Å². The van der Waals surface area contributed by atoms with Crippen LogP contribution in [0, 0.1) is 51.0 Å². The van der Waals surface area contributed by atoms with Crippen molar-refractivity contribution in [3.63, 3.8) is 0 Å². The van der Waals surface area contributed by atoms with E-state index in [9.17, 15) is 0 Å². The van der Waals surface area contributed by atoms with Crippen LogP contribution in [0.1, 0.15) is 273 Å². The van der Waals surface area contributed by atoms with Crippen LogP contribution in [0.2, 0.25) is 0 Å². The van der Waals surface area contributed by atoms with E-state index in [0.717, 1.165) is 105 Å². The molecule has 0 aromatic carbocycles. The molecule has 38 heteroatoms. The Morgan fingerprint density at radius 1 is 0.263 bits per heavy atom. The van der Waals surface area contributed by atoms with E-state index < -0.39 is 0 Å². The number of nitriles is 2. The largest absolute Gasteiger partial charge is 0.753 e. The maximum atomic E-state index is 7.13. The summed E-state index contributed by atoms with van der Waals surface area (Å²) in [4.78, 5) is 19.6. The molecule has 0 spiro atoms. The molecule has 8 heterocycles. The van der Waals surface area contributed by atoms with Gasteiger partial charge in [0, 0.05) is 236 Å². The van der Waals surface area contributed by atoms with Crippen molar-refractivity contribution in [2.45, 2.75) is 377 Å². The molecule has 8 aliphatic carbocycles. The van der Waals surface area contributed by atoms with Gasteiger partial charge >= 0.3 is 66.7 Å². The molecular weight excluding hydrogens is 2000 g/mol. The van der Waals surface area contributed by atoms with Crippen LogP contribution in [0.15, 0.2) is 72.8 Å². The van der Waals surface area contributed by atoms with E-state index in [-0.39, 0.29) is 123 Å². The SMILES string of the molecule is C.C.C.N#C[S-].N#C[S-].O.O.[CH3-].[CH3-].[CH3-].[CH3-].[Cl][Mn][Cl].[Cl][Mn][Cl].[Mn].[Mn].[N-]=C=S.[N-]=C=S.c1cc2nc(c1)CNC1CCCC[C@@H]1NCCN[C@H]1CCCCC1NC2.c1cc2nc(c1)CNC1CCCC[C@@H]1NCCN[C@H]1CCCCC1NC2.c1cc2nc(c1)CNC1CCCC[C@H]1NCCN[C@@H]1CCCCC1NC2.c1cc2nc(c1)CNC1CCCC[C@H]1NCCN[C@@H]1CCCCC1NC2. The van der Waals surface area contributed by atoms with Crippen molar-refractivity contribution in [3.05, 3.63) is 159 Å². The molecule has 133 heavy (non-hydrogen) atoms. The molecule has 26 nitrogen and oxygen atoms in total. The number of nitrogens with one attached hydrogen (secondary N) is 16. The van der Waals surface area contributed by atoms with Crippen LogP contribution in [-0.4, -0.2) is 190 Å². The van der Waals surface area contributed by atoms with Crippen molar-refractivity contribution < 1.29 is 71.4 Å². The third-order valence-corrected chi connectivity index (χ3v) is 25.7. The molecule has 8 saturated carbocycles. The van der Waals surface area contributed by atoms with Crippen LogP contribution in [0.5, 0.6) is 0 Å². The Morgan fingerprint density at radius 3 is 0.436 bits per heavy atom. The van der Waals surface area contributed by atoms with Gasteiger partial charge in [-0.15, -0.1) is 0 Å². The summed E-state index contributed by atoms with van der Waals surface area (Å²) in [5, 5.41) is 94.8. The van der Waals surface area contributed by atoms with Gasteiger partial charge in [0.25, 0.3) is 0 Å². The zero-order valence-electron chi connectivity index (χ0n) is 77.3. The standard InChI is InChI=1S/4C21H35N5.2CHNS.2CNS.3CH4.4CH3.4ClH.4Mn.2H2O/c4*1-3-10-20-18(8-1)22-12-13-23-19-9-2-4-11-21(19)25-15-17-7-5-6-16(26-17)14-24-20;4*2-1-3;;;;;;;;;;;;;;;;;/h4*5-7,18-25H,1-4,8-15H2;2*3H;;;3*1H4;4*1H3;4*1H;;;;;2*1H2/q;;;;;;2*-1;;;;4*-1;;;;;;;2*+2;;/p-6/t4*18-,19-,20?,21?;;;;;;;;;;;;;;;;;;;;;/m1100...................../s1. The van der Waals surface area contributed by atoms with Crippen molar-refractivity contribution in [1.29, 1.82) is 10.5 Å². The third kappa shape index (κ3) is 56.7. The molecule has 0 saturated heterocycles. The number of hydrogen-bond donors (Lipinski definition) is 16. The van der Waals surface area contributed by atoms with Crippen molar-refractivity contribution in [3.8, 4) is 10.8 Å². The normalized spacial score (nSPS) is 27.1. The minimum Gasteiger partial charge on any atom is -0.753 e. The molecular formula is C95H168Cl4Mn4N24O2S4-8. The van der Waals surface area contributed by atoms with Crippen LogP contribution in [0.3, 0.4) is 0 Å². The van der Waals surface area contributed by atoms with Gasteiger partial charge < -0.3 is 162 Å². The van der Waals surface area contributed by atoms with E-state index in [1.807, 2.05) is 0 Å². The average molecular weight is 2170 g/mol. The summed E-state index contributed by atoms with van der Waals surface area (Å²) in [5.74, 6) is 0. The fourth-order valence-electron chi connectivity index (χ4n) is 19.8. The molecule has 4 aliphatic heterocycles. The number of isothiocyanates is 2. The topological polar surface area (TPSA) is 399 Å². The molecule has 16 rings (SSSR count). The Labute approximate surface area is 878 Å². The number of rotatable bonds is 0. The first-order valence-electron chi connectivity index (χ1n) is 45.3. The quantitative estimate of drug-likeness (QED) is 0.0194. The van der Waals surface area contributed by atoms with Crippen molar-refractivity contribution in [1.82, 2.24) is 105 Å². The molecule has 8 unspecified atom stereocenters. The molecule has 20 N–H and O–H groups in total. The Kier molecular flexibility index (Phi) is 93.4. The average Bonchev–Trinajstić information content (AvgIpc) is 1.83. The Hall–Kier alpha value is -1.86. The number of aromatic nitrogens is 4. The fourth-order valence-corrected chi connectivity index (χ4v) is 19.8. The molecule has 12 aliphatic rings. The van der Waals surface area contributed by atoms with E-state index in [0.29, 0.717) is 96.7 Å². The number of halogens is 4. The molecule has 8 bridgehead atoms. The van der Waals surface area contributed by atoms with Crippen LogP contribution < -0.4 is 85.1 Å². The maximum absolute atomic E-state index is 7.13. The third-order valence-electron chi connectivity index (χ3n) is 25.7. The summed E-state index contributed by atoms with van der Waals surface area (Å²) < 4.78 is 0. The zero-order chi connectivity index (χ0) is 86.7. The maximum Gasteiger partial charge on any atom is 0.0545 e. The monoisotopic (exact) mass is 2160 g/mol. The number of hydrogen-bond acceptors (Lipinski definition) is 26. The molecule has 768 valence electrons. The number of nitrogens with zero attached hydrogens (tertiary/aromatic N) is 8. The second-order valence-electron chi connectivity index (χ2n) is 33.6. The smallest absolute Gasteiger partial charge is 0.0545 e. The first-order valence-corrected chi connectivity index (χ1v) is 53.5. The number of thiocyanates is 2. The van der Waals surface area contributed by atoms with E-state index in [4.69, 9.17) is 81.7 Å². The minimum absolute atomic E-state index is 0. The van der Waals surface area contributed by atoms with Gasteiger partial charge in [-0.05, 0) is 151 Å². The first kappa shape index (κ1) is 140. The van der Waals surface area contributed by atoms with Gasteiger partial charge in [0.05, 0.1) is 45.6 Å². The molecule has 4 aromatic rings. The van der Waals surface area contributed by atoms with Crippen LogP contribution in [0.4, 0.5) is 0 Å². The van der Waals surface area contributed by atoms with E-state index in [2.05, 4.69) is 208 Å². The summed E-state index contributed by atoms with van der Waals surface area (Å²) in [6.07, 6.45) is 42.1. The van der Waals surface area contributed by atoms with Gasteiger partial charge in [0.15, 0.2) is 0 Å². The van der Waals surface area contributed by atoms with Crippen molar-refractivity contribution in [2.24, 2.45) is 0 Å². The summed E-state index contributed by atoms with van der Waals surface area (Å²) in [7, 11) is 19.2. The van der Waals surface area contributed by atoms with Gasteiger partial charge in [-0.3, -0.25) is 19.9 Å². The summed E-state index contributed by atoms with van der Waals surface area (Å²) >= 11 is 14.8. The predicted molar refractivity (Wildman–Crippen MR) is 558 cm³/mol. The second kappa shape index (κ2) is 89.0. The predicted octanol–water partition coefficient (Wildman–Crippen LogP) is 14.5. The summed E-state index contributed by atoms with van der Waals surface area (Å²) in [6, 6.07) is 35.2. The van der Waals surface area contributed by atoms with Gasteiger partial charge in [0.2, 0.25) is 0 Å². The van der Waals surface area contributed by atoms with Gasteiger partial charge in [0.1, 0.15) is 0 Å². The molecule has 0 amide bonds. The van der Waals surface area contributed by atoms with Crippen LogP contribution in [-0.2, 0) is 138 Å². The molecule has 8 fully saturated rings. The molecule has 4 aromatic heterocycles. The molecule has 2 radical (unpaired) electrons. The number of fused-ring (bicyclic) bond motifs is 16. The van der Waals surface area contributed by atoms with E-state index in [1.54, 1.807) is 0 Å². The van der Waals surface area contributed by atoms with Gasteiger partial charge in [-0.25, -0.2) is 10.5 Å². The summed E-state index contributed by atoms with van der Waals surface area (Å²) in [6.45, 7) is 15.5. The Balaban J connectivity index is -0.000000502.